The van der Waals surface area contributed by atoms with Crippen LogP contribution in [0.1, 0.15) is 181 Å². The Labute approximate surface area is 426 Å². The van der Waals surface area contributed by atoms with Crippen LogP contribution in [-0.2, 0) is 23.7 Å². The number of ether oxygens (including phenoxy) is 4. The van der Waals surface area contributed by atoms with Crippen LogP contribution in [0.25, 0.3) is 0 Å². The van der Waals surface area contributed by atoms with Crippen LogP contribution in [0, 0.1) is 0 Å². The number of carbonyl (C=O) groups excluding carboxylic acids is 1. The lowest BCUT2D eigenvalue weighted by atomic mass is 9.99. The average molecular weight is 975 g/mol. The molecule has 1 fully saturated rings. The number of unbranched alkanes of at least 4 members (excludes halogenated alkanes) is 12. The fraction of sp³-hybridized carbons (Fsp3) is 0.623. The van der Waals surface area contributed by atoms with Crippen molar-refractivity contribution in [3.05, 3.63) is 134 Å². The molecule has 396 valence electrons. The zero-order valence-corrected chi connectivity index (χ0v) is 43.7. The Morgan fingerprint density at radius 1 is 0.457 bits per heavy atom. The molecular formula is C61H98O9. The molecule has 0 aliphatic carbocycles. The van der Waals surface area contributed by atoms with Gasteiger partial charge in [-0.2, -0.15) is 0 Å². The van der Waals surface area contributed by atoms with Crippen molar-refractivity contribution < 1.29 is 44.2 Å². The van der Waals surface area contributed by atoms with Gasteiger partial charge in [0.05, 0.1) is 19.8 Å². The van der Waals surface area contributed by atoms with E-state index in [1.54, 1.807) is 0 Å². The molecule has 0 amide bonds. The molecule has 9 nitrogen and oxygen atoms in total. The predicted octanol–water partition coefficient (Wildman–Crippen LogP) is 14.0. The molecule has 0 aromatic rings. The largest absolute Gasteiger partial charge is 0.457 e. The first-order valence-corrected chi connectivity index (χ1v) is 27.3. The van der Waals surface area contributed by atoms with Gasteiger partial charge < -0.3 is 39.4 Å². The topological polar surface area (TPSA) is 135 Å². The molecule has 0 saturated carbocycles. The summed E-state index contributed by atoms with van der Waals surface area (Å²) in [6.45, 7) is 4.24. The Kier molecular flexibility index (Phi) is 46.2. The fourth-order valence-corrected chi connectivity index (χ4v) is 7.40. The van der Waals surface area contributed by atoms with Gasteiger partial charge in [0, 0.05) is 13.0 Å². The predicted molar refractivity (Wildman–Crippen MR) is 292 cm³/mol. The monoisotopic (exact) mass is 975 g/mol. The molecule has 6 atom stereocenters. The van der Waals surface area contributed by atoms with E-state index < -0.39 is 43.4 Å². The maximum atomic E-state index is 12.9. The standard InChI is InChI=1S/C61H98O9/c1-3-5-7-9-11-13-15-17-19-21-23-25-26-27-28-29-31-33-35-37-39-41-43-45-47-49-51-67-53-55(54-68-61-60(66)59(65)58(64)56(52-62)70-61)69-57(63)50-48-46-44-42-40-38-36-34-32-30-24-22-20-18-16-14-12-10-8-6-4-2/h5-8,11-14,17-20,23-25,27-28,30-31,33,37,39,55-56,58-62,64-66H,3-4,9-10,15-16,21-22,26,29,32,34-36,38,40-54H2,1-2H3/b7-5-,8-6-,13-11-,14-12-,19-17-,20-18-,25-23-,28-27-,30-24-,33-31-,39-37-. The van der Waals surface area contributed by atoms with Gasteiger partial charge in [-0.15, -0.1) is 0 Å². The number of esters is 1. The summed E-state index contributed by atoms with van der Waals surface area (Å²) in [4.78, 5) is 12.9. The Balaban J connectivity index is 2.24. The van der Waals surface area contributed by atoms with Crippen molar-refractivity contribution in [3.8, 4) is 0 Å². The minimum absolute atomic E-state index is 0.114. The third-order valence-electron chi connectivity index (χ3n) is 11.6. The van der Waals surface area contributed by atoms with Crippen LogP contribution < -0.4 is 0 Å². The van der Waals surface area contributed by atoms with Gasteiger partial charge >= 0.3 is 5.97 Å². The molecular weight excluding hydrogens is 877 g/mol. The summed E-state index contributed by atoms with van der Waals surface area (Å²) in [5.41, 5.74) is 0. The van der Waals surface area contributed by atoms with E-state index in [0.717, 1.165) is 135 Å². The molecule has 0 aromatic carbocycles. The summed E-state index contributed by atoms with van der Waals surface area (Å²) in [6.07, 6.45) is 67.7. The van der Waals surface area contributed by atoms with Crippen molar-refractivity contribution in [2.24, 2.45) is 0 Å². The van der Waals surface area contributed by atoms with Crippen molar-refractivity contribution in [3.63, 3.8) is 0 Å². The first-order valence-electron chi connectivity index (χ1n) is 27.3. The van der Waals surface area contributed by atoms with Crippen molar-refractivity contribution in [2.45, 2.75) is 218 Å². The fourth-order valence-electron chi connectivity index (χ4n) is 7.40. The first-order chi connectivity index (χ1) is 34.4. The Morgan fingerprint density at radius 2 is 0.829 bits per heavy atom. The third kappa shape index (κ3) is 40.0. The van der Waals surface area contributed by atoms with Crippen molar-refractivity contribution >= 4 is 5.97 Å². The van der Waals surface area contributed by atoms with E-state index in [0.29, 0.717) is 13.0 Å². The van der Waals surface area contributed by atoms with Crippen molar-refractivity contribution in [1.29, 1.82) is 0 Å². The maximum Gasteiger partial charge on any atom is 0.306 e. The SMILES string of the molecule is CC/C=C\C/C=C\C/C=C\C/C=C\C/C=C\C/C=C\C/C=C\CCCCCCOCC(COC1OC(CO)C(O)C(O)C1O)OC(=O)CCCCCCCCCC/C=C\C/C=C\C/C=C\C/C=C\CC. The average Bonchev–Trinajstić information content (AvgIpc) is 3.36. The van der Waals surface area contributed by atoms with E-state index in [-0.39, 0.29) is 19.2 Å². The van der Waals surface area contributed by atoms with E-state index >= 15 is 0 Å². The molecule has 0 spiro atoms. The van der Waals surface area contributed by atoms with E-state index in [1.165, 1.54) is 25.7 Å². The van der Waals surface area contributed by atoms with E-state index in [2.05, 4.69) is 148 Å². The lowest BCUT2D eigenvalue weighted by Crippen LogP contribution is -2.59. The van der Waals surface area contributed by atoms with Crippen LogP contribution >= 0.6 is 0 Å². The Morgan fingerprint density at radius 3 is 1.24 bits per heavy atom. The summed E-state index contributed by atoms with van der Waals surface area (Å²) in [5.74, 6) is -0.337. The van der Waals surface area contributed by atoms with Gasteiger partial charge in [-0.1, -0.05) is 199 Å². The van der Waals surface area contributed by atoms with Gasteiger partial charge in [0.1, 0.15) is 30.5 Å². The second-order valence-corrected chi connectivity index (χ2v) is 17.9. The highest BCUT2D eigenvalue weighted by atomic mass is 16.7. The van der Waals surface area contributed by atoms with Crippen LogP contribution in [0.5, 0.6) is 0 Å². The Hall–Kier alpha value is -3.67. The van der Waals surface area contributed by atoms with Crippen LogP contribution in [0.2, 0.25) is 0 Å². The number of hydrogen-bond acceptors (Lipinski definition) is 9. The van der Waals surface area contributed by atoms with Crippen LogP contribution in [0.4, 0.5) is 0 Å². The summed E-state index contributed by atoms with van der Waals surface area (Å²) in [7, 11) is 0. The van der Waals surface area contributed by atoms with Crippen LogP contribution in [0.3, 0.4) is 0 Å². The number of carbonyl (C=O) groups is 1. The zero-order valence-electron chi connectivity index (χ0n) is 43.7. The smallest absolute Gasteiger partial charge is 0.306 e. The molecule has 70 heavy (non-hydrogen) atoms. The van der Waals surface area contributed by atoms with Gasteiger partial charge in [-0.3, -0.25) is 4.79 Å². The van der Waals surface area contributed by atoms with Gasteiger partial charge in [-0.25, -0.2) is 0 Å². The molecule has 1 heterocycles. The van der Waals surface area contributed by atoms with E-state index in [1.807, 2.05) is 0 Å². The number of allylic oxidation sites excluding steroid dienone is 22. The second kappa shape index (κ2) is 50.3. The quantitative estimate of drug-likeness (QED) is 0.0267. The summed E-state index contributed by atoms with van der Waals surface area (Å²) < 4.78 is 22.9. The first kappa shape index (κ1) is 64.3. The molecule has 1 saturated heterocycles. The summed E-state index contributed by atoms with van der Waals surface area (Å²) in [6, 6.07) is 0. The van der Waals surface area contributed by atoms with Crippen molar-refractivity contribution in [1.82, 2.24) is 0 Å². The van der Waals surface area contributed by atoms with E-state index in [4.69, 9.17) is 18.9 Å². The highest BCUT2D eigenvalue weighted by Crippen LogP contribution is 2.22. The summed E-state index contributed by atoms with van der Waals surface area (Å²) >= 11 is 0. The highest BCUT2D eigenvalue weighted by molar-refractivity contribution is 5.69. The number of aliphatic hydroxyl groups is 4. The molecule has 0 radical (unpaired) electrons. The molecule has 1 aliphatic heterocycles. The van der Waals surface area contributed by atoms with Crippen LogP contribution in [0.15, 0.2) is 134 Å². The molecule has 0 bridgehead atoms. The van der Waals surface area contributed by atoms with Gasteiger partial charge in [-0.05, 0) is 109 Å². The van der Waals surface area contributed by atoms with Gasteiger partial charge in [0.2, 0.25) is 0 Å². The molecule has 9 heteroatoms. The van der Waals surface area contributed by atoms with Crippen LogP contribution in [-0.4, -0.2) is 89.6 Å². The lowest BCUT2D eigenvalue weighted by Gasteiger charge is -2.39. The zero-order chi connectivity index (χ0) is 50.6. The second-order valence-electron chi connectivity index (χ2n) is 17.9. The van der Waals surface area contributed by atoms with Crippen molar-refractivity contribution in [2.75, 3.05) is 26.4 Å². The number of hydrogen-bond donors (Lipinski definition) is 4. The molecule has 1 aliphatic rings. The number of rotatable bonds is 45. The minimum atomic E-state index is -1.55. The molecule has 4 N–H and O–H groups in total. The lowest BCUT2D eigenvalue weighted by molar-refractivity contribution is -0.305. The summed E-state index contributed by atoms with van der Waals surface area (Å²) in [5, 5.41) is 40.3. The molecule has 6 unspecified atom stereocenters. The molecule has 1 rings (SSSR count). The third-order valence-corrected chi connectivity index (χ3v) is 11.6. The van der Waals surface area contributed by atoms with E-state index in [9.17, 15) is 25.2 Å². The van der Waals surface area contributed by atoms with Gasteiger partial charge in [0.25, 0.3) is 0 Å². The minimum Gasteiger partial charge on any atom is -0.457 e. The normalized spacial score (nSPS) is 20.0. The highest BCUT2D eigenvalue weighted by Gasteiger charge is 2.44. The number of aliphatic hydroxyl groups excluding tert-OH is 4. The Bertz CT molecular complexity index is 1530. The maximum absolute atomic E-state index is 12.9. The van der Waals surface area contributed by atoms with Gasteiger partial charge in [0.15, 0.2) is 6.29 Å². The molecule has 0 aromatic heterocycles.